The van der Waals surface area contributed by atoms with E-state index in [1.807, 2.05) is 0 Å². The predicted octanol–water partition coefficient (Wildman–Crippen LogP) is 1.66. The molecule has 0 saturated carbocycles. The van der Waals surface area contributed by atoms with Crippen molar-refractivity contribution in [1.29, 1.82) is 0 Å². The lowest BCUT2D eigenvalue weighted by Gasteiger charge is -2.21. The lowest BCUT2D eigenvalue weighted by Crippen LogP contribution is -2.41. The number of hydrogen-bond acceptors (Lipinski definition) is 2. The summed E-state index contributed by atoms with van der Waals surface area (Å²) in [4.78, 5) is 2.45. The van der Waals surface area contributed by atoms with Gasteiger partial charge in [0.1, 0.15) is 0 Å². The van der Waals surface area contributed by atoms with Crippen molar-refractivity contribution in [3.63, 3.8) is 0 Å². The Morgan fingerprint density at radius 3 is 2.00 bits per heavy atom. The Labute approximate surface area is 107 Å². The molecule has 2 nitrogen and oxygen atoms in total. The van der Waals surface area contributed by atoms with E-state index in [-0.39, 0.29) is 58.8 Å². The molecule has 2 atom stereocenters. The van der Waals surface area contributed by atoms with Gasteiger partial charge in [0.05, 0.1) is 0 Å². The summed E-state index contributed by atoms with van der Waals surface area (Å²) in [5.74, 6) is 0. The minimum absolute atomic E-state index is 0. The molecule has 78 valence electrons. The van der Waals surface area contributed by atoms with Crippen LogP contribution in [0.1, 0.15) is 6.42 Å². The topological polar surface area (TPSA) is 15.3 Å². The van der Waals surface area contributed by atoms with E-state index in [4.69, 9.17) is 0 Å². The van der Waals surface area contributed by atoms with Gasteiger partial charge in [-0.05, 0) is 13.5 Å². The molecule has 2 fully saturated rings. The van der Waals surface area contributed by atoms with Crippen LogP contribution in [0.15, 0.2) is 0 Å². The van der Waals surface area contributed by atoms with Gasteiger partial charge in [0, 0.05) is 25.2 Å². The van der Waals surface area contributed by atoms with Crippen LogP contribution in [0.3, 0.4) is 0 Å². The molecule has 2 bridgehead atoms. The summed E-state index contributed by atoms with van der Waals surface area (Å²) >= 11 is 0. The van der Waals surface area contributed by atoms with E-state index in [2.05, 4.69) is 17.3 Å². The van der Waals surface area contributed by atoms with Crippen LogP contribution in [0.25, 0.3) is 0 Å². The highest BCUT2D eigenvalue weighted by Crippen LogP contribution is 2.20. The van der Waals surface area contributed by atoms with Crippen molar-refractivity contribution in [3.8, 4) is 0 Å². The van der Waals surface area contributed by atoms with E-state index in [0.717, 1.165) is 12.1 Å². The second-order valence-electron chi connectivity index (χ2n) is 2.93. The summed E-state index contributed by atoms with van der Waals surface area (Å²) in [6.07, 6.45) is 1.39. The number of fused-ring (bicyclic) bond motifs is 2. The van der Waals surface area contributed by atoms with Crippen LogP contribution in [0, 0.1) is 0 Å². The molecule has 0 aromatic rings. The van der Waals surface area contributed by atoms with Crippen molar-refractivity contribution < 1.29 is 0 Å². The van der Waals surface area contributed by atoms with Crippen LogP contribution in [-0.2, 0) is 0 Å². The molecule has 0 spiro atoms. The van der Waals surface area contributed by atoms with Crippen LogP contribution in [0.2, 0.25) is 0 Å². The van der Waals surface area contributed by atoms with Crippen LogP contribution in [-0.4, -0.2) is 37.1 Å². The Morgan fingerprint density at radius 1 is 1.25 bits per heavy atom. The number of rotatable bonds is 0. The normalized spacial score (nSPS) is 30.8. The Kier molecular flexibility index (Phi) is 12.5. The molecule has 2 aliphatic heterocycles. The standard InChI is InChI=1S/C6H12N2.2BrH.2ClH/c1-8-4-5-2-6(8)3-7-5;;;;/h5-7H,2-4H2,1H3;4*1H/t5-,6-;;;;/m0..../s1. The zero-order chi connectivity index (χ0) is 5.56. The fraction of sp³-hybridized carbons (Fsp3) is 1.00. The van der Waals surface area contributed by atoms with Crippen molar-refractivity contribution in [2.45, 2.75) is 18.5 Å². The number of likely N-dealkylation sites (N-methyl/N-ethyl adjacent to an activating group) is 1. The van der Waals surface area contributed by atoms with E-state index < -0.39 is 0 Å². The van der Waals surface area contributed by atoms with E-state index in [9.17, 15) is 0 Å². The third-order valence-corrected chi connectivity index (χ3v) is 2.33. The first-order valence-corrected chi connectivity index (χ1v) is 3.30. The van der Waals surface area contributed by atoms with Crippen molar-refractivity contribution >= 4 is 58.8 Å². The lowest BCUT2D eigenvalue weighted by atomic mass is 10.2. The van der Waals surface area contributed by atoms with E-state index in [1.165, 1.54) is 19.5 Å². The molecule has 1 N–H and O–H groups in total. The number of piperazine rings is 1. The number of hydrogen-bond donors (Lipinski definition) is 1. The fourth-order valence-electron chi connectivity index (χ4n) is 1.77. The molecule has 0 aliphatic carbocycles. The summed E-state index contributed by atoms with van der Waals surface area (Å²) < 4.78 is 0. The van der Waals surface area contributed by atoms with Gasteiger partial charge in [0.2, 0.25) is 0 Å². The van der Waals surface area contributed by atoms with Gasteiger partial charge in [-0.1, -0.05) is 0 Å². The average molecular weight is 347 g/mol. The SMILES string of the molecule is Br.Br.CN1C[C@@H]2C[C@H]1CN2.Cl.Cl. The minimum Gasteiger partial charge on any atom is -0.311 e. The Balaban J connectivity index is -0.000000202. The zero-order valence-corrected chi connectivity index (χ0v) is 11.9. The van der Waals surface area contributed by atoms with E-state index in [1.54, 1.807) is 0 Å². The van der Waals surface area contributed by atoms with Crippen LogP contribution < -0.4 is 5.32 Å². The van der Waals surface area contributed by atoms with Crippen LogP contribution >= 0.6 is 58.8 Å². The third-order valence-electron chi connectivity index (χ3n) is 2.33. The second-order valence-corrected chi connectivity index (χ2v) is 2.93. The maximum absolute atomic E-state index is 3.44. The van der Waals surface area contributed by atoms with Crippen molar-refractivity contribution in [3.05, 3.63) is 0 Å². The number of halogens is 4. The highest BCUT2D eigenvalue weighted by atomic mass is 79.9. The van der Waals surface area contributed by atoms with Gasteiger partial charge in [0.25, 0.3) is 0 Å². The Bertz CT molecular complexity index is 116. The minimum atomic E-state index is 0. The molecular weight excluding hydrogens is 331 g/mol. The highest BCUT2D eigenvalue weighted by Gasteiger charge is 2.34. The molecular formula is C6H16Br2Cl2N2. The summed E-state index contributed by atoms with van der Waals surface area (Å²) in [7, 11) is 2.21. The van der Waals surface area contributed by atoms with Crippen molar-refractivity contribution in [1.82, 2.24) is 10.2 Å². The average Bonchev–Trinajstić information content (AvgIpc) is 2.23. The maximum Gasteiger partial charge on any atom is 0.0233 e. The number of likely N-dealkylation sites (tertiary alicyclic amines) is 1. The largest absolute Gasteiger partial charge is 0.311 e. The van der Waals surface area contributed by atoms with Gasteiger partial charge >= 0.3 is 0 Å². The van der Waals surface area contributed by atoms with Crippen LogP contribution in [0.5, 0.6) is 0 Å². The third kappa shape index (κ3) is 3.68. The first-order valence-electron chi connectivity index (χ1n) is 3.30. The van der Waals surface area contributed by atoms with Crippen molar-refractivity contribution in [2.24, 2.45) is 0 Å². The van der Waals surface area contributed by atoms with E-state index >= 15 is 0 Å². The predicted molar refractivity (Wildman–Crippen MR) is 68.0 cm³/mol. The maximum atomic E-state index is 3.44. The fourth-order valence-corrected chi connectivity index (χ4v) is 1.77. The summed E-state index contributed by atoms with van der Waals surface area (Å²) in [5, 5.41) is 3.44. The lowest BCUT2D eigenvalue weighted by molar-refractivity contribution is 0.276. The summed E-state index contributed by atoms with van der Waals surface area (Å²) in [6.45, 7) is 2.49. The Hall–Kier alpha value is 1.46. The molecule has 6 heteroatoms. The number of nitrogens with zero attached hydrogens (tertiary/aromatic N) is 1. The molecule has 0 radical (unpaired) electrons. The van der Waals surface area contributed by atoms with Crippen LogP contribution in [0.4, 0.5) is 0 Å². The zero-order valence-electron chi connectivity index (χ0n) is 6.86. The van der Waals surface area contributed by atoms with Gasteiger partial charge in [-0.25, -0.2) is 0 Å². The highest BCUT2D eigenvalue weighted by molar-refractivity contribution is 8.93. The Morgan fingerprint density at radius 2 is 1.83 bits per heavy atom. The monoisotopic (exact) mass is 344 g/mol. The molecule has 0 aromatic carbocycles. The quantitative estimate of drug-likeness (QED) is 0.717. The first kappa shape index (κ1) is 19.1. The summed E-state index contributed by atoms with van der Waals surface area (Å²) in [6, 6.07) is 1.69. The van der Waals surface area contributed by atoms with Crippen molar-refractivity contribution in [2.75, 3.05) is 20.1 Å². The number of nitrogens with one attached hydrogen (secondary N) is 1. The second kappa shape index (κ2) is 7.83. The van der Waals surface area contributed by atoms with Gasteiger partial charge in [0.15, 0.2) is 0 Å². The molecule has 12 heavy (non-hydrogen) atoms. The molecule has 2 aliphatic rings. The van der Waals surface area contributed by atoms with Gasteiger partial charge in [-0.2, -0.15) is 0 Å². The summed E-state index contributed by atoms with van der Waals surface area (Å²) in [5.41, 5.74) is 0. The molecule has 2 heterocycles. The molecule has 0 unspecified atom stereocenters. The molecule has 0 aromatic heterocycles. The molecule has 2 rings (SSSR count). The molecule has 2 saturated heterocycles. The van der Waals surface area contributed by atoms with Gasteiger partial charge < -0.3 is 10.2 Å². The first-order chi connectivity index (χ1) is 3.86. The molecule has 0 amide bonds. The van der Waals surface area contributed by atoms with Gasteiger partial charge in [-0.3, -0.25) is 0 Å². The smallest absolute Gasteiger partial charge is 0.0233 e. The van der Waals surface area contributed by atoms with E-state index in [0.29, 0.717) is 0 Å². The van der Waals surface area contributed by atoms with Gasteiger partial charge in [-0.15, -0.1) is 58.8 Å².